The average Bonchev–Trinajstić information content (AvgIpc) is 2.82. The quantitative estimate of drug-likeness (QED) is 0.586. The maximum absolute atomic E-state index is 12.7. The van der Waals surface area contributed by atoms with Gasteiger partial charge >= 0.3 is 6.18 Å². The average molecular weight is 307 g/mol. The largest absolute Gasteiger partial charge is 0.433 e. The van der Waals surface area contributed by atoms with Crippen molar-refractivity contribution in [1.29, 1.82) is 0 Å². The summed E-state index contributed by atoms with van der Waals surface area (Å²) in [6, 6.07) is 0.893. The van der Waals surface area contributed by atoms with Crippen LogP contribution in [0.15, 0.2) is 6.07 Å². The molecular weight excluding hydrogens is 291 g/mol. The smallest absolute Gasteiger partial charge is 0.369 e. The highest BCUT2D eigenvalue weighted by Gasteiger charge is 2.34. The van der Waals surface area contributed by atoms with Gasteiger partial charge in [0.15, 0.2) is 5.69 Å². The number of nitrogens with one attached hydrogen (secondary N) is 2. The van der Waals surface area contributed by atoms with E-state index in [2.05, 4.69) is 22.2 Å². The lowest BCUT2D eigenvalue weighted by Crippen LogP contribution is -2.28. The molecule has 1 unspecified atom stereocenters. The van der Waals surface area contributed by atoms with Crippen molar-refractivity contribution in [3.63, 3.8) is 0 Å². The van der Waals surface area contributed by atoms with E-state index in [1.165, 1.54) is 0 Å². The number of alkyl halides is 3. The van der Waals surface area contributed by atoms with Crippen molar-refractivity contribution in [2.45, 2.75) is 30.7 Å². The topological polar surface area (TPSA) is 75.9 Å². The molecule has 0 bridgehead atoms. The molecule has 0 aliphatic carbocycles. The summed E-state index contributed by atoms with van der Waals surface area (Å²) in [7, 11) is 0. The molecule has 0 spiro atoms. The number of aromatic nitrogens is 2. The Hall–Kier alpha value is -1.22. The third-order valence-corrected chi connectivity index (χ3v) is 4.63. The summed E-state index contributed by atoms with van der Waals surface area (Å²) in [5.74, 6) is 6.04. The van der Waals surface area contributed by atoms with E-state index in [-0.39, 0.29) is 16.5 Å². The Balaban J connectivity index is 2.14. The number of thioether (sulfide) groups is 1. The summed E-state index contributed by atoms with van der Waals surface area (Å²) in [6.45, 7) is 2.64. The van der Waals surface area contributed by atoms with Crippen molar-refractivity contribution >= 4 is 23.5 Å². The Kier molecular flexibility index (Phi) is 4.28. The van der Waals surface area contributed by atoms with Gasteiger partial charge in [0.05, 0.1) is 0 Å². The maximum Gasteiger partial charge on any atom is 0.433 e. The minimum atomic E-state index is -4.53. The van der Waals surface area contributed by atoms with Gasteiger partial charge < -0.3 is 5.32 Å². The van der Waals surface area contributed by atoms with Crippen molar-refractivity contribution in [1.82, 2.24) is 9.97 Å². The minimum Gasteiger partial charge on any atom is -0.369 e. The van der Waals surface area contributed by atoms with Crippen molar-refractivity contribution in [2.24, 2.45) is 5.84 Å². The first-order valence-corrected chi connectivity index (χ1v) is 7.12. The summed E-state index contributed by atoms with van der Waals surface area (Å²) in [6.07, 6.45) is -2.38. The molecule has 1 aromatic rings. The van der Waals surface area contributed by atoms with Crippen LogP contribution in [0.4, 0.5) is 24.9 Å². The van der Waals surface area contributed by atoms with Gasteiger partial charge in [0, 0.05) is 17.4 Å². The minimum absolute atomic E-state index is 0.0274. The molecule has 0 aromatic carbocycles. The molecule has 0 saturated carbocycles. The van der Waals surface area contributed by atoms with Crippen molar-refractivity contribution in [3.8, 4) is 0 Å². The summed E-state index contributed by atoms with van der Waals surface area (Å²) in [4.78, 5) is 7.19. The molecule has 0 radical (unpaired) electrons. The first-order valence-electron chi connectivity index (χ1n) is 6.13. The molecule has 1 aliphatic rings. The lowest BCUT2D eigenvalue weighted by Gasteiger charge is -2.23. The summed E-state index contributed by atoms with van der Waals surface area (Å²) in [5.41, 5.74) is 1.03. The van der Waals surface area contributed by atoms with Crippen LogP contribution in [0.5, 0.6) is 0 Å². The normalized spacial score (nSPS) is 22.9. The van der Waals surface area contributed by atoms with Crippen molar-refractivity contribution in [3.05, 3.63) is 11.8 Å². The summed E-state index contributed by atoms with van der Waals surface area (Å²) >= 11 is 1.82. The third kappa shape index (κ3) is 3.66. The van der Waals surface area contributed by atoms with Gasteiger partial charge in [-0.05, 0) is 25.5 Å². The van der Waals surface area contributed by atoms with Gasteiger partial charge in [-0.3, -0.25) is 5.43 Å². The Labute approximate surface area is 118 Å². The highest BCUT2D eigenvalue weighted by Crippen LogP contribution is 2.38. The number of halogens is 3. The second-order valence-corrected chi connectivity index (χ2v) is 6.54. The molecule has 9 heteroatoms. The highest BCUT2D eigenvalue weighted by molar-refractivity contribution is 8.00. The molecule has 1 aliphatic heterocycles. The van der Waals surface area contributed by atoms with Gasteiger partial charge in [-0.2, -0.15) is 29.9 Å². The lowest BCUT2D eigenvalue weighted by atomic mass is 10.1. The molecular formula is C11H16F3N5S. The van der Waals surface area contributed by atoms with E-state index in [1.54, 1.807) is 0 Å². The van der Waals surface area contributed by atoms with Crippen LogP contribution in [0.2, 0.25) is 0 Å². The molecule has 2 heterocycles. The number of rotatable bonds is 4. The Morgan fingerprint density at radius 2 is 2.20 bits per heavy atom. The van der Waals surface area contributed by atoms with Gasteiger partial charge in [0.2, 0.25) is 5.95 Å². The zero-order valence-electron chi connectivity index (χ0n) is 10.9. The standard InChI is InChI=1S/C11H16F3N5S/c1-10(3-2-4-20-10)6-16-8-5-7(11(12,13)14)17-9(18-8)19-15/h5H,2-4,6,15H2,1H3,(H2,16,17,18,19). The zero-order valence-corrected chi connectivity index (χ0v) is 11.7. The summed E-state index contributed by atoms with van der Waals surface area (Å²) in [5, 5.41) is 2.95. The molecule has 1 fully saturated rings. The van der Waals surface area contributed by atoms with Gasteiger partial charge in [-0.1, -0.05) is 0 Å². The third-order valence-electron chi connectivity index (χ3n) is 3.09. The fourth-order valence-corrected chi connectivity index (χ4v) is 3.25. The van der Waals surface area contributed by atoms with E-state index in [9.17, 15) is 13.2 Å². The predicted octanol–water partition coefficient (Wildman–Crippen LogP) is 2.48. The van der Waals surface area contributed by atoms with Crippen LogP contribution < -0.4 is 16.6 Å². The molecule has 20 heavy (non-hydrogen) atoms. The lowest BCUT2D eigenvalue weighted by molar-refractivity contribution is -0.141. The second-order valence-electron chi connectivity index (χ2n) is 4.86. The zero-order chi connectivity index (χ0) is 14.8. The molecule has 5 nitrogen and oxygen atoms in total. The molecule has 1 saturated heterocycles. The van der Waals surface area contributed by atoms with Gasteiger partial charge in [0.25, 0.3) is 0 Å². The number of hydrogen-bond acceptors (Lipinski definition) is 6. The van der Waals surface area contributed by atoms with Crippen molar-refractivity contribution < 1.29 is 13.2 Å². The van der Waals surface area contributed by atoms with Crippen LogP contribution >= 0.6 is 11.8 Å². The van der Waals surface area contributed by atoms with Crippen molar-refractivity contribution in [2.75, 3.05) is 23.0 Å². The van der Waals surface area contributed by atoms with Crippen LogP contribution in [0.1, 0.15) is 25.5 Å². The van der Waals surface area contributed by atoms with E-state index in [4.69, 9.17) is 5.84 Å². The number of hydrazine groups is 1. The Morgan fingerprint density at radius 1 is 1.45 bits per heavy atom. The SMILES string of the molecule is CC1(CNc2cc(C(F)(F)F)nc(NN)n2)CCCS1. The van der Waals surface area contributed by atoms with Crippen LogP contribution in [-0.2, 0) is 6.18 Å². The Morgan fingerprint density at radius 3 is 2.75 bits per heavy atom. The summed E-state index contributed by atoms with van der Waals surface area (Å²) < 4.78 is 38.2. The maximum atomic E-state index is 12.7. The molecule has 1 aromatic heterocycles. The molecule has 112 valence electrons. The van der Waals surface area contributed by atoms with Crippen LogP contribution in [0.3, 0.4) is 0 Å². The molecule has 4 N–H and O–H groups in total. The highest BCUT2D eigenvalue weighted by atomic mass is 32.2. The molecule has 0 amide bonds. The van der Waals surface area contributed by atoms with Gasteiger partial charge in [0.1, 0.15) is 5.82 Å². The monoisotopic (exact) mass is 307 g/mol. The number of nitrogens with two attached hydrogens (primary N) is 1. The van der Waals surface area contributed by atoms with Gasteiger partial charge in [-0.25, -0.2) is 10.8 Å². The first kappa shape index (κ1) is 15.2. The molecule has 1 atom stereocenters. The second kappa shape index (κ2) is 5.65. The van der Waals surface area contributed by atoms with Crippen LogP contribution in [0.25, 0.3) is 0 Å². The van der Waals surface area contributed by atoms with E-state index in [1.807, 2.05) is 17.2 Å². The number of nitrogens with zero attached hydrogens (tertiary/aromatic N) is 2. The fourth-order valence-electron chi connectivity index (χ4n) is 2.00. The van der Waals surface area contributed by atoms with E-state index in [0.717, 1.165) is 24.7 Å². The van der Waals surface area contributed by atoms with E-state index >= 15 is 0 Å². The van der Waals surface area contributed by atoms with Gasteiger partial charge in [-0.15, -0.1) is 0 Å². The number of hydrogen-bond donors (Lipinski definition) is 3. The fraction of sp³-hybridized carbons (Fsp3) is 0.636. The predicted molar refractivity (Wildman–Crippen MR) is 73.4 cm³/mol. The van der Waals surface area contributed by atoms with E-state index in [0.29, 0.717) is 6.54 Å². The molecule has 2 rings (SSSR count). The van der Waals surface area contributed by atoms with Crippen LogP contribution in [-0.4, -0.2) is 27.0 Å². The number of anilines is 2. The van der Waals surface area contributed by atoms with Crippen LogP contribution in [0, 0.1) is 0 Å². The number of nitrogen functional groups attached to an aromatic ring is 1. The Bertz CT molecular complexity index is 474. The first-order chi connectivity index (χ1) is 9.32. The van der Waals surface area contributed by atoms with E-state index < -0.39 is 11.9 Å².